The second-order valence-electron chi connectivity index (χ2n) is 7.72. The van der Waals surface area contributed by atoms with E-state index in [4.69, 9.17) is 0 Å². The minimum absolute atomic E-state index is 0.0457. The number of hydrogen-bond acceptors (Lipinski definition) is 4. The standard InChI is InChI=1S/C24H25N5O2/c1-17-6-5-8-19(12-17)13-22(30)25-10-11-29-23-21(14-27-29)24(31)28(16-26-23)15-20-9-4-3-7-18(20)2/h3-9,12,14,16H,10-11,13,15H2,1-2H3,(H,25,30). The third-order valence-corrected chi connectivity index (χ3v) is 5.32. The highest BCUT2D eigenvalue weighted by Crippen LogP contribution is 2.10. The summed E-state index contributed by atoms with van der Waals surface area (Å²) < 4.78 is 3.25. The van der Waals surface area contributed by atoms with Crippen molar-refractivity contribution in [3.05, 3.63) is 93.7 Å². The van der Waals surface area contributed by atoms with Crippen molar-refractivity contribution < 1.29 is 4.79 Å². The van der Waals surface area contributed by atoms with Gasteiger partial charge >= 0.3 is 0 Å². The molecule has 0 fully saturated rings. The fourth-order valence-corrected chi connectivity index (χ4v) is 3.62. The molecule has 0 aliphatic rings. The van der Waals surface area contributed by atoms with Crippen LogP contribution in [-0.4, -0.2) is 31.8 Å². The van der Waals surface area contributed by atoms with Crippen LogP contribution in [0.25, 0.3) is 11.0 Å². The number of fused-ring (bicyclic) bond motifs is 1. The van der Waals surface area contributed by atoms with E-state index < -0.39 is 0 Å². The molecule has 0 aliphatic carbocycles. The molecular weight excluding hydrogens is 390 g/mol. The maximum atomic E-state index is 12.9. The maximum Gasteiger partial charge on any atom is 0.264 e. The summed E-state index contributed by atoms with van der Waals surface area (Å²) in [5, 5.41) is 7.69. The van der Waals surface area contributed by atoms with Crippen molar-refractivity contribution in [3.8, 4) is 0 Å². The Labute approximate surface area is 180 Å². The zero-order valence-corrected chi connectivity index (χ0v) is 17.7. The number of amides is 1. The molecule has 0 spiro atoms. The number of aryl methyl sites for hydroxylation is 2. The van der Waals surface area contributed by atoms with Gasteiger partial charge in [0.1, 0.15) is 11.7 Å². The zero-order chi connectivity index (χ0) is 21.8. The minimum atomic E-state index is -0.122. The molecule has 2 aromatic heterocycles. The summed E-state index contributed by atoms with van der Waals surface area (Å²) in [5.41, 5.74) is 4.73. The fourth-order valence-electron chi connectivity index (χ4n) is 3.62. The van der Waals surface area contributed by atoms with Crippen molar-refractivity contribution in [1.29, 1.82) is 0 Å². The molecule has 2 heterocycles. The Kier molecular flexibility index (Phi) is 5.93. The lowest BCUT2D eigenvalue weighted by Gasteiger charge is -2.09. The van der Waals surface area contributed by atoms with Crippen molar-refractivity contribution in [2.24, 2.45) is 0 Å². The SMILES string of the molecule is Cc1cccc(CC(=O)NCCn2ncc3c(=O)n(Cc4ccccc4C)cnc32)c1. The summed E-state index contributed by atoms with van der Waals surface area (Å²) in [4.78, 5) is 29.5. The van der Waals surface area contributed by atoms with Crippen LogP contribution < -0.4 is 10.9 Å². The van der Waals surface area contributed by atoms with Crippen LogP contribution in [0.5, 0.6) is 0 Å². The quantitative estimate of drug-likeness (QED) is 0.503. The number of nitrogens with zero attached hydrogens (tertiary/aromatic N) is 4. The molecule has 1 N–H and O–H groups in total. The Morgan fingerprint density at radius 2 is 1.94 bits per heavy atom. The molecule has 2 aromatic carbocycles. The van der Waals surface area contributed by atoms with E-state index in [9.17, 15) is 9.59 Å². The first kappa shape index (κ1) is 20.5. The molecule has 0 bridgehead atoms. The monoisotopic (exact) mass is 415 g/mol. The Morgan fingerprint density at radius 3 is 2.74 bits per heavy atom. The third-order valence-electron chi connectivity index (χ3n) is 5.32. The number of nitrogens with one attached hydrogen (secondary N) is 1. The van der Waals surface area contributed by atoms with Crippen LogP contribution in [0.15, 0.2) is 65.8 Å². The molecule has 0 saturated heterocycles. The van der Waals surface area contributed by atoms with Crippen LogP contribution in [0.1, 0.15) is 22.3 Å². The van der Waals surface area contributed by atoms with E-state index in [0.717, 1.165) is 22.3 Å². The van der Waals surface area contributed by atoms with E-state index in [0.29, 0.717) is 37.1 Å². The van der Waals surface area contributed by atoms with E-state index in [2.05, 4.69) is 15.4 Å². The average molecular weight is 415 g/mol. The molecule has 0 unspecified atom stereocenters. The number of aromatic nitrogens is 4. The number of hydrogen-bond donors (Lipinski definition) is 1. The highest BCUT2D eigenvalue weighted by molar-refractivity contribution is 5.78. The molecule has 158 valence electrons. The van der Waals surface area contributed by atoms with E-state index in [1.54, 1.807) is 21.8 Å². The highest BCUT2D eigenvalue weighted by Gasteiger charge is 2.11. The van der Waals surface area contributed by atoms with Crippen LogP contribution >= 0.6 is 0 Å². The number of carbonyl (C=O) groups excluding carboxylic acids is 1. The normalized spacial score (nSPS) is 11.0. The van der Waals surface area contributed by atoms with Gasteiger partial charge in [-0.25, -0.2) is 9.67 Å². The number of carbonyl (C=O) groups is 1. The molecule has 7 heteroatoms. The van der Waals surface area contributed by atoms with Gasteiger partial charge in [-0.3, -0.25) is 14.2 Å². The molecule has 0 atom stereocenters. The van der Waals surface area contributed by atoms with E-state index >= 15 is 0 Å². The first-order chi connectivity index (χ1) is 15.0. The predicted molar refractivity (Wildman–Crippen MR) is 120 cm³/mol. The molecule has 7 nitrogen and oxygen atoms in total. The van der Waals surface area contributed by atoms with Crippen LogP contribution in [-0.2, 0) is 24.3 Å². The smallest absolute Gasteiger partial charge is 0.264 e. The third kappa shape index (κ3) is 4.71. The molecule has 1 amide bonds. The molecular formula is C24H25N5O2. The van der Waals surface area contributed by atoms with Gasteiger partial charge in [-0.2, -0.15) is 5.10 Å². The highest BCUT2D eigenvalue weighted by atomic mass is 16.1. The first-order valence-electron chi connectivity index (χ1n) is 10.3. The molecule has 0 radical (unpaired) electrons. The molecule has 31 heavy (non-hydrogen) atoms. The van der Waals surface area contributed by atoms with Gasteiger partial charge < -0.3 is 5.32 Å². The van der Waals surface area contributed by atoms with Gasteiger partial charge in [0.25, 0.3) is 5.56 Å². The van der Waals surface area contributed by atoms with Crippen LogP contribution in [0.3, 0.4) is 0 Å². The van der Waals surface area contributed by atoms with Gasteiger partial charge in [-0.15, -0.1) is 0 Å². The van der Waals surface area contributed by atoms with Crippen molar-refractivity contribution in [2.45, 2.75) is 33.4 Å². The Morgan fingerprint density at radius 1 is 1.10 bits per heavy atom. The van der Waals surface area contributed by atoms with Gasteiger partial charge in [-0.05, 0) is 30.5 Å². The predicted octanol–water partition coefficient (Wildman–Crippen LogP) is 2.62. The average Bonchev–Trinajstić information content (AvgIpc) is 3.15. The summed E-state index contributed by atoms with van der Waals surface area (Å²) in [6, 6.07) is 15.9. The maximum absolute atomic E-state index is 12.9. The van der Waals surface area contributed by atoms with Crippen molar-refractivity contribution in [2.75, 3.05) is 6.54 Å². The van der Waals surface area contributed by atoms with Gasteiger partial charge in [0.15, 0.2) is 5.65 Å². The van der Waals surface area contributed by atoms with Crippen LogP contribution in [0.4, 0.5) is 0 Å². The van der Waals surface area contributed by atoms with E-state index in [1.165, 1.54) is 0 Å². The summed E-state index contributed by atoms with van der Waals surface area (Å²) in [5.74, 6) is -0.0457. The Bertz CT molecular complexity index is 1290. The summed E-state index contributed by atoms with van der Waals surface area (Å²) in [6.07, 6.45) is 3.45. The number of benzene rings is 2. The Hall–Kier alpha value is -3.74. The van der Waals surface area contributed by atoms with Crippen molar-refractivity contribution >= 4 is 16.9 Å². The largest absolute Gasteiger partial charge is 0.354 e. The second kappa shape index (κ2) is 8.95. The molecule has 4 aromatic rings. The van der Waals surface area contributed by atoms with Gasteiger partial charge in [-0.1, -0.05) is 54.1 Å². The van der Waals surface area contributed by atoms with Gasteiger partial charge in [0, 0.05) is 6.54 Å². The van der Waals surface area contributed by atoms with Crippen LogP contribution in [0.2, 0.25) is 0 Å². The molecule has 0 aliphatic heterocycles. The van der Waals surface area contributed by atoms with Crippen LogP contribution in [0, 0.1) is 13.8 Å². The fraction of sp³-hybridized carbons (Fsp3) is 0.250. The summed E-state index contributed by atoms with van der Waals surface area (Å²) in [7, 11) is 0. The van der Waals surface area contributed by atoms with E-state index in [-0.39, 0.29) is 11.5 Å². The zero-order valence-electron chi connectivity index (χ0n) is 17.7. The summed E-state index contributed by atoms with van der Waals surface area (Å²) in [6.45, 7) is 5.35. The first-order valence-corrected chi connectivity index (χ1v) is 10.3. The lowest BCUT2D eigenvalue weighted by Crippen LogP contribution is -2.29. The Balaban J connectivity index is 1.41. The second-order valence-corrected chi connectivity index (χ2v) is 7.72. The topological polar surface area (TPSA) is 81.8 Å². The van der Waals surface area contributed by atoms with Crippen molar-refractivity contribution in [1.82, 2.24) is 24.6 Å². The van der Waals surface area contributed by atoms with Crippen molar-refractivity contribution in [3.63, 3.8) is 0 Å². The van der Waals surface area contributed by atoms with Gasteiger partial charge in [0.05, 0.1) is 25.7 Å². The molecule has 0 saturated carbocycles. The molecule has 4 rings (SSSR count). The van der Waals surface area contributed by atoms with Gasteiger partial charge in [0.2, 0.25) is 5.91 Å². The van der Waals surface area contributed by atoms with E-state index in [1.807, 2.05) is 62.4 Å². The summed E-state index contributed by atoms with van der Waals surface area (Å²) >= 11 is 0. The number of rotatable bonds is 7. The minimum Gasteiger partial charge on any atom is -0.354 e. The lowest BCUT2D eigenvalue weighted by atomic mass is 10.1. The lowest BCUT2D eigenvalue weighted by molar-refractivity contribution is -0.120.